The van der Waals surface area contributed by atoms with Crippen LogP contribution in [0.2, 0.25) is 0 Å². The first kappa shape index (κ1) is 8.84. The van der Waals surface area contributed by atoms with E-state index in [9.17, 15) is 0 Å². The lowest BCUT2D eigenvalue weighted by molar-refractivity contribution is 0.239. The second-order valence-corrected chi connectivity index (χ2v) is 1.84. The minimum Gasteiger partial charge on any atom is -0.494 e. The molecule has 0 bridgehead atoms. The lowest BCUT2D eigenvalue weighted by Gasteiger charge is -2.03. The summed E-state index contributed by atoms with van der Waals surface area (Å²) in [5.74, 6) is 3.24. The van der Waals surface area contributed by atoms with E-state index in [-0.39, 0.29) is 0 Å². The zero-order valence-electron chi connectivity index (χ0n) is 6.10. The van der Waals surface area contributed by atoms with Gasteiger partial charge in [-0.3, -0.25) is 0 Å². The molecule has 0 fully saturated rings. The Morgan fingerprint density at radius 1 is 1.70 bits per heavy atom. The summed E-state index contributed by atoms with van der Waals surface area (Å²) < 4.78 is 5.09. The highest BCUT2D eigenvalue weighted by Gasteiger charge is 1.89. The highest BCUT2D eigenvalue weighted by molar-refractivity contribution is 4.92. The van der Waals surface area contributed by atoms with Crippen LogP contribution in [-0.4, -0.2) is 6.61 Å². The predicted octanol–water partition coefficient (Wildman–Crippen LogP) is 2.12. The quantitative estimate of drug-likeness (QED) is 0.319. The van der Waals surface area contributed by atoms with Crippen LogP contribution in [0, 0.1) is 12.3 Å². The number of hydrogen-bond acceptors (Lipinski definition) is 1. The molecule has 0 saturated heterocycles. The van der Waals surface area contributed by atoms with Crippen LogP contribution in [0.3, 0.4) is 0 Å². The van der Waals surface area contributed by atoms with E-state index in [1.54, 1.807) is 6.08 Å². The molecule has 0 spiro atoms. The SMILES string of the molecule is C#CCCC(=C)OCC=C. The number of hydrogen-bond donors (Lipinski definition) is 0. The standard InChI is InChI=1S/C9H12O/c1-4-6-7-9(3)10-8-5-2/h1,5H,2-3,6-8H2. The van der Waals surface area contributed by atoms with Crippen molar-refractivity contribution in [3.05, 3.63) is 25.0 Å². The van der Waals surface area contributed by atoms with Gasteiger partial charge in [0.1, 0.15) is 6.61 Å². The van der Waals surface area contributed by atoms with E-state index in [1.165, 1.54) is 0 Å². The zero-order chi connectivity index (χ0) is 7.82. The summed E-state index contributed by atoms with van der Waals surface area (Å²) in [6, 6.07) is 0. The van der Waals surface area contributed by atoms with Gasteiger partial charge in [-0.25, -0.2) is 0 Å². The average Bonchev–Trinajstić information content (AvgIpc) is 1.97. The molecule has 0 aromatic heterocycles. The van der Waals surface area contributed by atoms with Gasteiger partial charge in [0.05, 0.1) is 5.76 Å². The maximum absolute atomic E-state index is 5.09. The fraction of sp³-hybridized carbons (Fsp3) is 0.333. The molecule has 0 saturated carbocycles. The van der Waals surface area contributed by atoms with Crippen LogP contribution in [0.5, 0.6) is 0 Å². The Hall–Kier alpha value is -1.16. The molecule has 0 amide bonds. The van der Waals surface area contributed by atoms with Gasteiger partial charge in [-0.05, 0) is 0 Å². The highest BCUT2D eigenvalue weighted by atomic mass is 16.5. The van der Waals surface area contributed by atoms with Crippen LogP contribution in [0.15, 0.2) is 25.0 Å². The molecule has 10 heavy (non-hydrogen) atoms. The summed E-state index contributed by atoms with van der Waals surface area (Å²) in [6.45, 7) is 7.69. The molecule has 0 atom stereocenters. The molecular weight excluding hydrogens is 124 g/mol. The van der Waals surface area contributed by atoms with E-state index < -0.39 is 0 Å². The lowest BCUT2D eigenvalue weighted by atomic mass is 10.3. The Bertz CT molecular complexity index is 151. The third-order valence-corrected chi connectivity index (χ3v) is 0.953. The molecule has 0 aliphatic heterocycles. The van der Waals surface area contributed by atoms with Gasteiger partial charge in [0.15, 0.2) is 0 Å². The Morgan fingerprint density at radius 2 is 2.40 bits per heavy atom. The van der Waals surface area contributed by atoms with Crippen molar-refractivity contribution in [2.75, 3.05) is 6.61 Å². The van der Waals surface area contributed by atoms with Gasteiger partial charge < -0.3 is 4.74 Å². The first-order valence-corrected chi connectivity index (χ1v) is 3.16. The van der Waals surface area contributed by atoms with Gasteiger partial charge in [-0.1, -0.05) is 19.2 Å². The second-order valence-electron chi connectivity index (χ2n) is 1.84. The van der Waals surface area contributed by atoms with E-state index in [1.807, 2.05) is 0 Å². The number of ether oxygens (including phenoxy) is 1. The smallest absolute Gasteiger partial charge is 0.106 e. The van der Waals surface area contributed by atoms with E-state index in [4.69, 9.17) is 11.2 Å². The molecule has 0 unspecified atom stereocenters. The van der Waals surface area contributed by atoms with Crippen molar-refractivity contribution in [3.63, 3.8) is 0 Å². The third kappa shape index (κ3) is 4.99. The van der Waals surface area contributed by atoms with Crippen molar-refractivity contribution < 1.29 is 4.74 Å². The largest absolute Gasteiger partial charge is 0.494 e. The molecule has 0 aromatic carbocycles. The van der Waals surface area contributed by atoms with Crippen LogP contribution in [0.25, 0.3) is 0 Å². The molecule has 0 N–H and O–H groups in total. The molecule has 1 heteroatoms. The summed E-state index contributed by atoms with van der Waals surface area (Å²) in [7, 11) is 0. The van der Waals surface area contributed by atoms with Gasteiger partial charge in [0, 0.05) is 12.8 Å². The minimum atomic E-state index is 0.517. The van der Waals surface area contributed by atoms with Gasteiger partial charge in [0.25, 0.3) is 0 Å². The van der Waals surface area contributed by atoms with Gasteiger partial charge >= 0.3 is 0 Å². The van der Waals surface area contributed by atoms with Gasteiger partial charge in [-0.15, -0.1) is 12.3 Å². The molecule has 0 radical (unpaired) electrons. The Morgan fingerprint density at radius 3 is 2.90 bits per heavy atom. The minimum absolute atomic E-state index is 0.517. The van der Waals surface area contributed by atoms with Crippen molar-refractivity contribution in [2.45, 2.75) is 12.8 Å². The van der Waals surface area contributed by atoms with Crippen molar-refractivity contribution in [1.82, 2.24) is 0 Å². The molecule has 0 heterocycles. The number of terminal acetylenes is 1. The normalized spacial score (nSPS) is 7.90. The second kappa shape index (κ2) is 5.97. The first-order chi connectivity index (χ1) is 4.81. The summed E-state index contributed by atoms with van der Waals surface area (Å²) >= 11 is 0. The fourth-order valence-electron chi connectivity index (χ4n) is 0.461. The maximum atomic E-state index is 5.09. The van der Waals surface area contributed by atoms with Crippen molar-refractivity contribution in [1.29, 1.82) is 0 Å². The lowest BCUT2D eigenvalue weighted by Crippen LogP contribution is -1.89. The number of allylic oxidation sites excluding steroid dienone is 1. The third-order valence-electron chi connectivity index (χ3n) is 0.953. The van der Waals surface area contributed by atoms with Crippen molar-refractivity contribution in [3.8, 4) is 12.3 Å². The van der Waals surface area contributed by atoms with Crippen LogP contribution >= 0.6 is 0 Å². The van der Waals surface area contributed by atoms with E-state index >= 15 is 0 Å². The van der Waals surface area contributed by atoms with Crippen LogP contribution in [0.1, 0.15) is 12.8 Å². The van der Waals surface area contributed by atoms with E-state index in [0.29, 0.717) is 13.0 Å². The van der Waals surface area contributed by atoms with E-state index in [2.05, 4.69) is 19.1 Å². The topological polar surface area (TPSA) is 9.23 Å². The molecule has 54 valence electrons. The van der Waals surface area contributed by atoms with Gasteiger partial charge in [0.2, 0.25) is 0 Å². The van der Waals surface area contributed by atoms with Crippen LogP contribution in [0.4, 0.5) is 0 Å². The first-order valence-electron chi connectivity index (χ1n) is 3.16. The van der Waals surface area contributed by atoms with Crippen LogP contribution in [-0.2, 0) is 4.74 Å². The highest BCUT2D eigenvalue weighted by Crippen LogP contribution is 2.02. The average molecular weight is 136 g/mol. The Labute approximate surface area is 62.4 Å². The van der Waals surface area contributed by atoms with Crippen molar-refractivity contribution >= 4 is 0 Å². The molecule has 0 aliphatic rings. The van der Waals surface area contributed by atoms with Gasteiger partial charge in [-0.2, -0.15) is 0 Å². The van der Waals surface area contributed by atoms with E-state index in [0.717, 1.165) is 12.2 Å². The summed E-state index contributed by atoms with van der Waals surface area (Å²) in [6.07, 6.45) is 8.15. The molecule has 0 aromatic rings. The predicted molar refractivity (Wildman–Crippen MR) is 43.4 cm³/mol. The Balaban J connectivity index is 3.27. The fourth-order valence-corrected chi connectivity index (χ4v) is 0.461. The summed E-state index contributed by atoms with van der Waals surface area (Å²) in [5, 5.41) is 0. The molecule has 0 rings (SSSR count). The molecular formula is C9H12O. The maximum Gasteiger partial charge on any atom is 0.106 e. The molecule has 0 aliphatic carbocycles. The van der Waals surface area contributed by atoms with Crippen molar-refractivity contribution in [2.24, 2.45) is 0 Å². The molecule has 1 nitrogen and oxygen atoms in total. The monoisotopic (exact) mass is 136 g/mol. The Kier molecular flexibility index (Phi) is 5.28. The van der Waals surface area contributed by atoms with Crippen LogP contribution < -0.4 is 0 Å². The number of rotatable bonds is 5. The summed E-state index contributed by atoms with van der Waals surface area (Å²) in [4.78, 5) is 0. The zero-order valence-corrected chi connectivity index (χ0v) is 6.10. The summed E-state index contributed by atoms with van der Waals surface area (Å²) in [5.41, 5.74) is 0.